The fourth-order valence-electron chi connectivity index (χ4n) is 1.53. The Morgan fingerprint density at radius 3 is 3.14 bits per heavy atom. The lowest BCUT2D eigenvalue weighted by molar-refractivity contribution is -0.0416. The maximum Gasteiger partial charge on any atom is 0.138 e. The first kappa shape index (κ1) is 9.36. The molecule has 1 fully saturated rings. The molecule has 14 heavy (non-hydrogen) atoms. The minimum absolute atomic E-state index is 0.257. The third-order valence-electron chi connectivity index (χ3n) is 2.32. The van der Waals surface area contributed by atoms with Crippen molar-refractivity contribution in [1.82, 2.24) is 9.97 Å². The number of nitrogens with two attached hydrogens (primary N) is 1. The van der Waals surface area contributed by atoms with Gasteiger partial charge < -0.3 is 10.5 Å². The molecule has 1 aromatic rings. The lowest BCUT2D eigenvalue weighted by Crippen LogP contribution is -2.30. The molecule has 1 radical (unpaired) electrons. The van der Waals surface area contributed by atoms with E-state index in [1.165, 1.54) is 0 Å². The van der Waals surface area contributed by atoms with Gasteiger partial charge in [0.1, 0.15) is 17.7 Å². The van der Waals surface area contributed by atoms with E-state index in [1.54, 1.807) is 12.3 Å². The lowest BCUT2D eigenvalue weighted by Gasteiger charge is -2.24. The Bertz CT molecular complexity index is 319. The Morgan fingerprint density at radius 2 is 2.43 bits per heavy atom. The van der Waals surface area contributed by atoms with Gasteiger partial charge in [-0.2, -0.15) is 0 Å². The minimum atomic E-state index is -0.675. The SMILES string of the molecule is Nc1ccnc(C2COCCC2[O])n1. The summed E-state index contributed by atoms with van der Waals surface area (Å²) in [5.74, 6) is 0.643. The van der Waals surface area contributed by atoms with Crippen molar-refractivity contribution in [3.63, 3.8) is 0 Å². The smallest absolute Gasteiger partial charge is 0.138 e. The largest absolute Gasteiger partial charge is 0.384 e. The molecule has 5 nitrogen and oxygen atoms in total. The quantitative estimate of drug-likeness (QED) is 0.700. The second kappa shape index (κ2) is 3.89. The number of aromatic nitrogens is 2. The molecule has 2 heterocycles. The maximum atomic E-state index is 11.6. The summed E-state index contributed by atoms with van der Waals surface area (Å²) in [7, 11) is 0. The van der Waals surface area contributed by atoms with Gasteiger partial charge in [-0.15, -0.1) is 0 Å². The zero-order valence-electron chi connectivity index (χ0n) is 7.72. The summed E-state index contributed by atoms with van der Waals surface area (Å²) in [4.78, 5) is 8.08. The molecule has 0 saturated carbocycles. The van der Waals surface area contributed by atoms with Crippen LogP contribution in [0.1, 0.15) is 18.2 Å². The summed E-state index contributed by atoms with van der Waals surface area (Å²) in [5.41, 5.74) is 5.52. The third kappa shape index (κ3) is 1.83. The summed E-state index contributed by atoms with van der Waals surface area (Å²) < 4.78 is 5.23. The van der Waals surface area contributed by atoms with E-state index >= 15 is 0 Å². The van der Waals surface area contributed by atoms with Crippen molar-refractivity contribution in [2.24, 2.45) is 0 Å². The van der Waals surface area contributed by atoms with Gasteiger partial charge in [-0.3, -0.25) is 0 Å². The summed E-state index contributed by atoms with van der Waals surface area (Å²) in [6.07, 6.45) is 1.41. The van der Waals surface area contributed by atoms with Crippen molar-refractivity contribution < 1.29 is 9.84 Å². The average Bonchev–Trinajstić information content (AvgIpc) is 2.18. The van der Waals surface area contributed by atoms with Gasteiger partial charge in [0.05, 0.1) is 12.5 Å². The molecule has 0 aliphatic carbocycles. The van der Waals surface area contributed by atoms with Gasteiger partial charge in [-0.25, -0.2) is 15.1 Å². The van der Waals surface area contributed by atoms with Crippen molar-refractivity contribution in [2.75, 3.05) is 18.9 Å². The first-order valence-electron chi connectivity index (χ1n) is 4.59. The number of ether oxygens (including phenoxy) is 1. The predicted octanol–water partition coefficient (Wildman–Crippen LogP) is 0.362. The Morgan fingerprint density at radius 1 is 1.57 bits per heavy atom. The summed E-state index contributed by atoms with van der Waals surface area (Å²) >= 11 is 0. The van der Waals surface area contributed by atoms with E-state index in [1.807, 2.05) is 0 Å². The van der Waals surface area contributed by atoms with Crippen LogP contribution < -0.4 is 5.73 Å². The zero-order valence-corrected chi connectivity index (χ0v) is 7.72. The molecule has 75 valence electrons. The molecule has 2 rings (SSSR count). The van der Waals surface area contributed by atoms with E-state index in [0.717, 1.165) is 0 Å². The van der Waals surface area contributed by atoms with Gasteiger partial charge in [0, 0.05) is 19.2 Å². The highest BCUT2D eigenvalue weighted by atomic mass is 16.5. The van der Waals surface area contributed by atoms with Crippen molar-refractivity contribution in [2.45, 2.75) is 18.4 Å². The molecule has 0 aromatic carbocycles. The Hall–Kier alpha value is -1.20. The highest BCUT2D eigenvalue weighted by Gasteiger charge is 2.28. The molecule has 0 amide bonds. The van der Waals surface area contributed by atoms with Crippen LogP contribution in [-0.2, 0) is 9.84 Å². The number of hydrogen-bond acceptors (Lipinski definition) is 4. The Labute approximate surface area is 81.9 Å². The molecule has 5 heteroatoms. The highest BCUT2D eigenvalue weighted by molar-refractivity contribution is 5.26. The van der Waals surface area contributed by atoms with Crippen LogP contribution in [0.5, 0.6) is 0 Å². The van der Waals surface area contributed by atoms with Crippen LogP contribution in [0.3, 0.4) is 0 Å². The molecular weight excluding hydrogens is 182 g/mol. The fraction of sp³-hybridized carbons (Fsp3) is 0.556. The molecule has 2 unspecified atom stereocenters. The molecule has 1 aliphatic heterocycles. The monoisotopic (exact) mass is 194 g/mol. The van der Waals surface area contributed by atoms with Crippen LogP contribution in [0.25, 0.3) is 0 Å². The standard InChI is InChI=1S/C9H12N3O2/c10-8-1-3-11-9(12-8)6-5-14-4-2-7(6)13/h1,3,6-7H,2,4-5H2,(H2,10,11,12). The predicted molar refractivity (Wildman–Crippen MR) is 49.1 cm³/mol. The van der Waals surface area contributed by atoms with Crippen molar-refractivity contribution in [3.8, 4) is 0 Å². The topological polar surface area (TPSA) is 80.9 Å². The van der Waals surface area contributed by atoms with E-state index < -0.39 is 6.10 Å². The van der Waals surface area contributed by atoms with Gasteiger partial charge in [0.25, 0.3) is 0 Å². The number of nitrogen functional groups attached to an aromatic ring is 1. The van der Waals surface area contributed by atoms with Gasteiger partial charge >= 0.3 is 0 Å². The lowest BCUT2D eigenvalue weighted by atomic mass is 9.98. The molecular formula is C9H12N3O2. The molecule has 1 aromatic heterocycles. The van der Waals surface area contributed by atoms with E-state index in [-0.39, 0.29) is 5.92 Å². The molecule has 2 atom stereocenters. The summed E-state index contributed by atoms with van der Waals surface area (Å²) in [6.45, 7) is 0.935. The first-order valence-corrected chi connectivity index (χ1v) is 4.59. The zero-order chi connectivity index (χ0) is 9.97. The normalized spacial score (nSPS) is 27.5. The van der Waals surface area contributed by atoms with E-state index in [0.29, 0.717) is 31.3 Å². The molecule has 0 spiro atoms. The van der Waals surface area contributed by atoms with Gasteiger partial charge in [-0.1, -0.05) is 0 Å². The van der Waals surface area contributed by atoms with Crippen LogP contribution >= 0.6 is 0 Å². The van der Waals surface area contributed by atoms with Crippen molar-refractivity contribution in [1.29, 1.82) is 0 Å². The van der Waals surface area contributed by atoms with Gasteiger partial charge in [0.15, 0.2) is 0 Å². The number of hydrogen-bond donors (Lipinski definition) is 1. The second-order valence-corrected chi connectivity index (χ2v) is 3.35. The van der Waals surface area contributed by atoms with E-state index in [2.05, 4.69) is 9.97 Å². The van der Waals surface area contributed by atoms with E-state index in [9.17, 15) is 5.11 Å². The Balaban J connectivity index is 2.20. The summed E-state index contributed by atoms with van der Waals surface area (Å²) in [5, 5.41) is 11.6. The second-order valence-electron chi connectivity index (χ2n) is 3.35. The number of rotatable bonds is 1. The molecule has 2 N–H and O–H groups in total. The van der Waals surface area contributed by atoms with Crippen LogP contribution in [0.4, 0.5) is 5.82 Å². The van der Waals surface area contributed by atoms with Crippen LogP contribution in [0, 0.1) is 0 Å². The third-order valence-corrected chi connectivity index (χ3v) is 2.32. The minimum Gasteiger partial charge on any atom is -0.384 e. The van der Waals surface area contributed by atoms with Crippen LogP contribution in [-0.4, -0.2) is 29.3 Å². The van der Waals surface area contributed by atoms with Crippen LogP contribution in [0.15, 0.2) is 12.3 Å². The molecule has 1 saturated heterocycles. The van der Waals surface area contributed by atoms with Crippen molar-refractivity contribution >= 4 is 5.82 Å². The number of anilines is 1. The van der Waals surface area contributed by atoms with Crippen molar-refractivity contribution in [3.05, 3.63) is 18.1 Å². The average molecular weight is 194 g/mol. The van der Waals surface area contributed by atoms with E-state index in [4.69, 9.17) is 10.5 Å². The Kier molecular flexibility index (Phi) is 2.60. The van der Waals surface area contributed by atoms with Gasteiger partial charge in [0.2, 0.25) is 0 Å². The molecule has 0 bridgehead atoms. The van der Waals surface area contributed by atoms with Gasteiger partial charge in [-0.05, 0) is 6.07 Å². The first-order chi connectivity index (χ1) is 6.77. The highest BCUT2D eigenvalue weighted by Crippen LogP contribution is 2.23. The summed E-state index contributed by atoms with van der Waals surface area (Å²) in [6, 6.07) is 1.60. The number of nitrogens with zero attached hydrogens (tertiary/aromatic N) is 2. The fourth-order valence-corrected chi connectivity index (χ4v) is 1.53. The maximum absolute atomic E-state index is 11.6. The van der Waals surface area contributed by atoms with Crippen LogP contribution in [0.2, 0.25) is 0 Å². The molecule has 1 aliphatic rings.